The van der Waals surface area contributed by atoms with Gasteiger partial charge in [0.25, 0.3) is 5.91 Å². The van der Waals surface area contributed by atoms with Crippen molar-refractivity contribution in [3.63, 3.8) is 0 Å². The smallest absolute Gasteiger partial charge is 0.261 e. The summed E-state index contributed by atoms with van der Waals surface area (Å²) in [6.07, 6.45) is 5.20. The highest BCUT2D eigenvalue weighted by molar-refractivity contribution is 6.27. The summed E-state index contributed by atoms with van der Waals surface area (Å²) in [6, 6.07) is 0.00463. The number of nitrogens with zero attached hydrogens (tertiary/aromatic N) is 1. The molecule has 1 aliphatic rings. The van der Waals surface area contributed by atoms with Crippen molar-refractivity contribution in [3.05, 3.63) is 0 Å². The van der Waals surface area contributed by atoms with Gasteiger partial charge < -0.3 is 0 Å². The van der Waals surface area contributed by atoms with Crippen molar-refractivity contribution in [3.8, 4) is 0 Å². The van der Waals surface area contributed by atoms with Gasteiger partial charge in [-0.25, -0.2) is 5.06 Å². The number of rotatable bonds is 2. The molecule has 70 valence electrons. The molecular weight excluding hydrogens is 178 g/mol. The maximum absolute atomic E-state index is 11.0. The monoisotopic (exact) mass is 191 g/mol. The van der Waals surface area contributed by atoms with Gasteiger partial charge in [-0.05, 0) is 12.8 Å². The van der Waals surface area contributed by atoms with Crippen LogP contribution in [0.4, 0.5) is 0 Å². The summed E-state index contributed by atoms with van der Waals surface area (Å²) < 4.78 is 0. The molecular formula is C8H14ClNO2. The van der Waals surface area contributed by atoms with E-state index >= 15 is 0 Å². The first-order chi connectivity index (χ1) is 5.75. The van der Waals surface area contributed by atoms with Gasteiger partial charge in [-0.1, -0.05) is 19.3 Å². The Hall–Kier alpha value is -0.280. The zero-order valence-electron chi connectivity index (χ0n) is 7.00. The van der Waals surface area contributed by atoms with Crippen LogP contribution in [-0.4, -0.2) is 28.1 Å². The first-order valence-corrected chi connectivity index (χ1v) is 4.86. The largest absolute Gasteiger partial charge is 0.286 e. The number of halogens is 1. The van der Waals surface area contributed by atoms with Gasteiger partial charge in [0, 0.05) is 0 Å². The molecule has 1 aliphatic carbocycles. The molecule has 0 saturated heterocycles. The van der Waals surface area contributed by atoms with Crippen molar-refractivity contribution in [1.82, 2.24) is 5.06 Å². The maximum Gasteiger partial charge on any atom is 0.261 e. The number of hydrogen-bond acceptors (Lipinski definition) is 2. The summed E-state index contributed by atoms with van der Waals surface area (Å²) in [5, 5.41) is 10.2. The lowest BCUT2D eigenvalue weighted by Gasteiger charge is -2.28. The molecule has 0 heterocycles. The molecule has 0 spiro atoms. The summed E-state index contributed by atoms with van der Waals surface area (Å²) in [6.45, 7) is 0. The van der Waals surface area contributed by atoms with E-state index in [1.165, 1.54) is 6.42 Å². The zero-order chi connectivity index (χ0) is 8.97. The lowest BCUT2D eigenvalue weighted by Crippen LogP contribution is -2.39. The van der Waals surface area contributed by atoms with E-state index < -0.39 is 0 Å². The van der Waals surface area contributed by atoms with Gasteiger partial charge in [-0.2, -0.15) is 0 Å². The van der Waals surface area contributed by atoms with Crippen LogP contribution in [0.25, 0.3) is 0 Å². The third-order valence-electron chi connectivity index (χ3n) is 2.29. The van der Waals surface area contributed by atoms with Crippen LogP contribution in [0.5, 0.6) is 0 Å². The second kappa shape index (κ2) is 4.67. The normalized spacial score (nSPS) is 19.2. The molecule has 1 saturated carbocycles. The van der Waals surface area contributed by atoms with Crippen LogP contribution in [0, 0.1) is 0 Å². The fourth-order valence-corrected chi connectivity index (χ4v) is 1.71. The molecule has 0 aliphatic heterocycles. The Kier molecular flexibility index (Phi) is 3.82. The SMILES string of the molecule is O=C(CCl)N(O)C1CCCCC1. The lowest BCUT2D eigenvalue weighted by atomic mass is 9.95. The fraction of sp³-hybridized carbons (Fsp3) is 0.875. The van der Waals surface area contributed by atoms with E-state index in [1.807, 2.05) is 0 Å². The Morgan fingerprint density at radius 3 is 2.50 bits per heavy atom. The third-order valence-corrected chi connectivity index (χ3v) is 2.52. The molecule has 0 bridgehead atoms. The van der Waals surface area contributed by atoms with Gasteiger partial charge in [0.2, 0.25) is 0 Å². The first-order valence-electron chi connectivity index (χ1n) is 4.32. The summed E-state index contributed by atoms with van der Waals surface area (Å²) in [5.74, 6) is -0.518. The van der Waals surface area contributed by atoms with E-state index in [9.17, 15) is 10.0 Å². The average Bonchev–Trinajstić information content (AvgIpc) is 2.17. The maximum atomic E-state index is 11.0. The van der Waals surface area contributed by atoms with Crippen molar-refractivity contribution in [2.45, 2.75) is 38.1 Å². The van der Waals surface area contributed by atoms with Gasteiger partial charge in [0.15, 0.2) is 0 Å². The van der Waals surface area contributed by atoms with Gasteiger partial charge in [0.1, 0.15) is 5.88 Å². The number of hydroxylamine groups is 2. The summed E-state index contributed by atoms with van der Waals surface area (Å²) in [5.41, 5.74) is 0. The van der Waals surface area contributed by atoms with Gasteiger partial charge >= 0.3 is 0 Å². The Labute approximate surface area is 77.3 Å². The van der Waals surface area contributed by atoms with Crippen LogP contribution < -0.4 is 0 Å². The van der Waals surface area contributed by atoms with Crippen molar-refractivity contribution in [2.24, 2.45) is 0 Å². The number of alkyl halides is 1. The fourth-order valence-electron chi connectivity index (χ4n) is 1.59. The van der Waals surface area contributed by atoms with Gasteiger partial charge in [-0.3, -0.25) is 10.0 Å². The number of hydrogen-bond donors (Lipinski definition) is 1. The molecule has 0 atom stereocenters. The standard InChI is InChI=1S/C8H14ClNO2/c9-6-8(11)10(12)7-4-2-1-3-5-7/h7,12H,1-6H2. The molecule has 1 rings (SSSR count). The minimum absolute atomic E-state index is 0.00463. The van der Waals surface area contributed by atoms with E-state index in [2.05, 4.69) is 0 Å². The quantitative estimate of drug-likeness (QED) is 0.411. The topological polar surface area (TPSA) is 40.5 Å². The summed E-state index contributed by atoms with van der Waals surface area (Å²) in [4.78, 5) is 11.0. The number of carbonyl (C=O) groups excluding carboxylic acids is 1. The Bertz CT molecular complexity index is 157. The minimum atomic E-state index is -0.386. The molecule has 0 aromatic rings. The molecule has 1 N–H and O–H groups in total. The van der Waals surface area contributed by atoms with E-state index in [0.29, 0.717) is 0 Å². The second-order valence-electron chi connectivity index (χ2n) is 3.16. The Morgan fingerprint density at radius 1 is 1.42 bits per heavy atom. The Morgan fingerprint density at radius 2 is 2.00 bits per heavy atom. The summed E-state index contributed by atoms with van der Waals surface area (Å²) >= 11 is 5.31. The number of carbonyl (C=O) groups is 1. The first kappa shape index (κ1) is 9.81. The zero-order valence-corrected chi connectivity index (χ0v) is 7.76. The van der Waals surface area contributed by atoms with Crippen LogP contribution in [0.1, 0.15) is 32.1 Å². The second-order valence-corrected chi connectivity index (χ2v) is 3.43. The van der Waals surface area contributed by atoms with Crippen molar-refractivity contribution in [1.29, 1.82) is 0 Å². The predicted molar refractivity (Wildman–Crippen MR) is 46.2 cm³/mol. The van der Waals surface area contributed by atoms with Crippen molar-refractivity contribution < 1.29 is 10.0 Å². The lowest BCUT2D eigenvalue weighted by molar-refractivity contribution is -0.175. The Balaban J connectivity index is 2.39. The molecule has 0 aromatic heterocycles. The molecule has 1 amide bonds. The van der Waals surface area contributed by atoms with Gasteiger partial charge in [0.05, 0.1) is 6.04 Å². The average molecular weight is 192 g/mol. The molecule has 1 fully saturated rings. The van der Waals surface area contributed by atoms with Crippen LogP contribution in [0.15, 0.2) is 0 Å². The molecule has 3 nitrogen and oxygen atoms in total. The van der Waals surface area contributed by atoms with Crippen LogP contribution in [0.3, 0.4) is 0 Å². The molecule has 12 heavy (non-hydrogen) atoms. The highest BCUT2D eigenvalue weighted by Gasteiger charge is 2.22. The van der Waals surface area contributed by atoms with Gasteiger partial charge in [-0.15, -0.1) is 11.6 Å². The molecule has 0 aromatic carbocycles. The number of amides is 1. The third kappa shape index (κ3) is 2.35. The van der Waals surface area contributed by atoms with E-state index in [-0.39, 0.29) is 17.8 Å². The van der Waals surface area contributed by atoms with Crippen molar-refractivity contribution >= 4 is 17.5 Å². The van der Waals surface area contributed by atoms with Crippen molar-refractivity contribution in [2.75, 3.05) is 5.88 Å². The molecule has 4 heteroatoms. The molecule has 0 radical (unpaired) electrons. The predicted octanol–water partition coefficient (Wildman–Crippen LogP) is 1.78. The van der Waals surface area contributed by atoms with Crippen LogP contribution in [-0.2, 0) is 4.79 Å². The highest BCUT2D eigenvalue weighted by Crippen LogP contribution is 2.21. The summed E-state index contributed by atoms with van der Waals surface area (Å²) in [7, 11) is 0. The highest BCUT2D eigenvalue weighted by atomic mass is 35.5. The van der Waals surface area contributed by atoms with E-state index in [1.54, 1.807) is 0 Å². The van der Waals surface area contributed by atoms with E-state index in [0.717, 1.165) is 30.7 Å². The minimum Gasteiger partial charge on any atom is -0.286 e. The van der Waals surface area contributed by atoms with Crippen LogP contribution in [0.2, 0.25) is 0 Å². The van der Waals surface area contributed by atoms with E-state index in [4.69, 9.17) is 11.6 Å². The molecule has 0 unspecified atom stereocenters. The van der Waals surface area contributed by atoms with Crippen LogP contribution >= 0.6 is 11.6 Å².